The van der Waals surface area contributed by atoms with E-state index in [0.29, 0.717) is 23.8 Å². The second kappa shape index (κ2) is 10.3. The van der Waals surface area contributed by atoms with Crippen LogP contribution in [-0.2, 0) is 0 Å². The van der Waals surface area contributed by atoms with Crippen molar-refractivity contribution < 1.29 is 14.5 Å². The Morgan fingerprint density at radius 1 is 1.29 bits per heavy atom. The number of ether oxygens (including phenoxy) is 1. The lowest BCUT2D eigenvalue weighted by molar-refractivity contribution is -0.385. The predicted molar refractivity (Wildman–Crippen MR) is 110 cm³/mol. The molecule has 1 amide bonds. The van der Waals surface area contributed by atoms with Gasteiger partial charge in [0, 0.05) is 23.2 Å². The van der Waals surface area contributed by atoms with E-state index < -0.39 is 4.92 Å². The fraction of sp³-hybridized carbons (Fsp3) is 0.316. The standard InChI is InChI=1S/C19H20ClN3O4.ClH/c20-15-5-8-18(17(10-15)23(25)26)27-16-6-3-14(4-7-16)19(24)22-12-13-2-1-9-21-11-13;/h3-8,10,13,21H,1-2,9,11-12H2,(H,22,24);1H. The number of nitro benzene ring substituents is 1. The van der Waals surface area contributed by atoms with Gasteiger partial charge in [-0.3, -0.25) is 14.9 Å². The Hall–Kier alpha value is -2.35. The molecule has 1 heterocycles. The van der Waals surface area contributed by atoms with E-state index in [9.17, 15) is 14.9 Å². The Kier molecular flexibility index (Phi) is 8.04. The van der Waals surface area contributed by atoms with E-state index in [4.69, 9.17) is 16.3 Å². The molecule has 1 atom stereocenters. The third-order valence-corrected chi connectivity index (χ3v) is 4.65. The molecule has 150 valence electrons. The van der Waals surface area contributed by atoms with Crippen molar-refractivity contribution in [2.45, 2.75) is 12.8 Å². The highest BCUT2D eigenvalue weighted by Crippen LogP contribution is 2.33. The Labute approximate surface area is 174 Å². The molecule has 0 saturated carbocycles. The number of benzene rings is 2. The molecule has 0 radical (unpaired) electrons. The van der Waals surface area contributed by atoms with Gasteiger partial charge < -0.3 is 15.4 Å². The first-order valence-corrected chi connectivity index (χ1v) is 9.11. The zero-order valence-corrected chi connectivity index (χ0v) is 16.6. The largest absolute Gasteiger partial charge is 0.450 e. The molecule has 1 fully saturated rings. The number of nitrogens with one attached hydrogen (secondary N) is 2. The number of rotatable bonds is 6. The molecule has 0 aliphatic carbocycles. The maximum absolute atomic E-state index is 12.3. The number of hydrogen-bond acceptors (Lipinski definition) is 5. The molecule has 28 heavy (non-hydrogen) atoms. The van der Waals surface area contributed by atoms with Gasteiger partial charge in [-0.1, -0.05) is 11.6 Å². The molecule has 2 aromatic rings. The normalized spacial score (nSPS) is 16.0. The Morgan fingerprint density at radius 2 is 2.04 bits per heavy atom. The molecule has 0 spiro atoms. The topological polar surface area (TPSA) is 93.5 Å². The highest BCUT2D eigenvalue weighted by atomic mass is 35.5. The van der Waals surface area contributed by atoms with Gasteiger partial charge in [-0.2, -0.15) is 0 Å². The second-order valence-corrected chi connectivity index (χ2v) is 6.85. The molecule has 7 nitrogen and oxygen atoms in total. The van der Waals surface area contributed by atoms with E-state index in [0.717, 1.165) is 25.9 Å². The van der Waals surface area contributed by atoms with E-state index in [2.05, 4.69) is 10.6 Å². The van der Waals surface area contributed by atoms with Gasteiger partial charge in [0.15, 0.2) is 0 Å². The number of halogens is 2. The van der Waals surface area contributed by atoms with Crippen molar-refractivity contribution in [1.29, 1.82) is 0 Å². The van der Waals surface area contributed by atoms with Gasteiger partial charge in [0.1, 0.15) is 5.75 Å². The average molecular weight is 426 g/mol. The van der Waals surface area contributed by atoms with Crippen LogP contribution in [0.5, 0.6) is 11.5 Å². The minimum atomic E-state index is -0.552. The number of carbonyl (C=O) groups is 1. The van der Waals surface area contributed by atoms with Gasteiger partial charge in [0.2, 0.25) is 5.75 Å². The van der Waals surface area contributed by atoms with Crippen LogP contribution < -0.4 is 15.4 Å². The van der Waals surface area contributed by atoms with Crippen LogP contribution in [0.1, 0.15) is 23.2 Å². The highest BCUT2D eigenvalue weighted by molar-refractivity contribution is 6.30. The molecule has 1 aliphatic rings. The third-order valence-electron chi connectivity index (χ3n) is 4.41. The van der Waals surface area contributed by atoms with Gasteiger partial charge >= 0.3 is 5.69 Å². The van der Waals surface area contributed by atoms with Gasteiger partial charge in [0.25, 0.3) is 5.91 Å². The van der Waals surface area contributed by atoms with Crippen LogP contribution in [0.15, 0.2) is 42.5 Å². The Morgan fingerprint density at radius 3 is 2.68 bits per heavy atom. The van der Waals surface area contributed by atoms with Gasteiger partial charge in [-0.15, -0.1) is 12.4 Å². The molecule has 2 N–H and O–H groups in total. The SMILES string of the molecule is Cl.O=C(NCC1CCCNC1)c1ccc(Oc2ccc(Cl)cc2[N+](=O)[O-])cc1. The minimum absolute atomic E-state index is 0. The van der Waals surface area contributed by atoms with E-state index >= 15 is 0 Å². The zero-order chi connectivity index (χ0) is 19.2. The highest BCUT2D eigenvalue weighted by Gasteiger charge is 2.17. The summed E-state index contributed by atoms with van der Waals surface area (Å²) < 4.78 is 5.58. The second-order valence-electron chi connectivity index (χ2n) is 6.42. The van der Waals surface area contributed by atoms with Crippen LogP contribution in [0.2, 0.25) is 5.02 Å². The minimum Gasteiger partial charge on any atom is -0.450 e. The maximum atomic E-state index is 12.3. The molecule has 1 unspecified atom stereocenters. The fourth-order valence-corrected chi connectivity index (χ4v) is 3.12. The summed E-state index contributed by atoms with van der Waals surface area (Å²) in [5.74, 6) is 0.792. The van der Waals surface area contributed by atoms with E-state index in [1.54, 1.807) is 24.3 Å². The summed E-state index contributed by atoms with van der Waals surface area (Å²) in [6, 6.07) is 10.7. The fourth-order valence-electron chi connectivity index (χ4n) is 2.96. The first-order chi connectivity index (χ1) is 13.0. The van der Waals surface area contributed by atoms with Crippen molar-refractivity contribution in [1.82, 2.24) is 10.6 Å². The monoisotopic (exact) mass is 425 g/mol. The van der Waals surface area contributed by atoms with Crippen LogP contribution in [0, 0.1) is 16.0 Å². The molecule has 3 rings (SSSR count). The summed E-state index contributed by atoms with van der Waals surface area (Å²) >= 11 is 5.80. The maximum Gasteiger partial charge on any atom is 0.313 e. The third kappa shape index (κ3) is 5.82. The molecule has 0 aromatic heterocycles. The zero-order valence-electron chi connectivity index (χ0n) is 15.0. The summed E-state index contributed by atoms with van der Waals surface area (Å²) in [6.45, 7) is 2.60. The summed E-state index contributed by atoms with van der Waals surface area (Å²) in [6.07, 6.45) is 2.24. The first kappa shape index (κ1) is 21.9. The van der Waals surface area contributed by atoms with Crippen LogP contribution in [0.4, 0.5) is 5.69 Å². The summed E-state index contributed by atoms with van der Waals surface area (Å²) in [5.41, 5.74) is 0.294. The number of hydrogen-bond donors (Lipinski definition) is 2. The van der Waals surface area contributed by atoms with Crippen LogP contribution in [-0.4, -0.2) is 30.5 Å². The number of nitrogens with zero attached hydrogens (tertiary/aromatic N) is 1. The molecule has 2 aromatic carbocycles. The number of carbonyl (C=O) groups excluding carboxylic acids is 1. The van der Waals surface area contributed by atoms with Crippen molar-refractivity contribution in [3.05, 3.63) is 63.2 Å². The van der Waals surface area contributed by atoms with Crippen LogP contribution in [0.25, 0.3) is 0 Å². The van der Waals surface area contributed by atoms with E-state index in [1.807, 2.05) is 0 Å². The van der Waals surface area contributed by atoms with Gasteiger partial charge in [-0.05, 0) is 68.2 Å². The number of nitro groups is 1. The van der Waals surface area contributed by atoms with E-state index in [-0.39, 0.29) is 34.8 Å². The lowest BCUT2D eigenvalue weighted by Crippen LogP contribution is -2.38. The molecule has 1 saturated heterocycles. The summed E-state index contributed by atoms with van der Waals surface area (Å²) in [7, 11) is 0. The molecule has 0 bridgehead atoms. The number of piperidine rings is 1. The van der Waals surface area contributed by atoms with Crippen LogP contribution in [0.3, 0.4) is 0 Å². The summed E-state index contributed by atoms with van der Waals surface area (Å²) in [4.78, 5) is 22.8. The smallest absolute Gasteiger partial charge is 0.313 e. The van der Waals surface area contributed by atoms with Crippen molar-refractivity contribution in [2.75, 3.05) is 19.6 Å². The lowest BCUT2D eigenvalue weighted by Gasteiger charge is -2.22. The first-order valence-electron chi connectivity index (χ1n) is 8.73. The van der Waals surface area contributed by atoms with Crippen molar-refractivity contribution in [3.8, 4) is 11.5 Å². The van der Waals surface area contributed by atoms with Gasteiger partial charge in [0.05, 0.1) is 4.92 Å². The van der Waals surface area contributed by atoms with Crippen molar-refractivity contribution in [2.24, 2.45) is 5.92 Å². The molecule has 1 aliphatic heterocycles. The average Bonchev–Trinajstić information content (AvgIpc) is 2.68. The van der Waals surface area contributed by atoms with Crippen molar-refractivity contribution >= 4 is 35.6 Å². The molecular weight excluding hydrogens is 405 g/mol. The molecular formula is C19H21Cl2N3O4. The molecule has 9 heteroatoms. The Bertz CT molecular complexity index is 824. The van der Waals surface area contributed by atoms with Crippen LogP contribution >= 0.6 is 24.0 Å². The Balaban J connectivity index is 0.00000280. The number of amides is 1. The lowest BCUT2D eigenvalue weighted by atomic mass is 10.00. The quantitative estimate of drug-likeness (QED) is 0.534. The van der Waals surface area contributed by atoms with Gasteiger partial charge in [-0.25, -0.2) is 0 Å². The van der Waals surface area contributed by atoms with E-state index in [1.165, 1.54) is 18.2 Å². The van der Waals surface area contributed by atoms with Crippen molar-refractivity contribution in [3.63, 3.8) is 0 Å². The summed E-state index contributed by atoms with van der Waals surface area (Å²) in [5, 5.41) is 17.6. The predicted octanol–water partition coefficient (Wildman–Crippen LogP) is 4.19.